The summed E-state index contributed by atoms with van der Waals surface area (Å²) in [6.07, 6.45) is 2.93. The molecule has 2 aliphatic heterocycles. The van der Waals surface area contributed by atoms with Crippen molar-refractivity contribution in [3.8, 4) is 0 Å². The van der Waals surface area contributed by atoms with Crippen molar-refractivity contribution in [3.05, 3.63) is 0 Å². The maximum atomic E-state index is 12.5. The molecule has 2 fully saturated rings. The molecule has 25 heavy (non-hydrogen) atoms. The molecule has 1 amide bonds. The van der Waals surface area contributed by atoms with E-state index in [2.05, 4.69) is 5.32 Å². The number of amides is 1. The lowest BCUT2D eigenvalue weighted by atomic mass is 10.0. The summed E-state index contributed by atoms with van der Waals surface area (Å²) >= 11 is 0. The van der Waals surface area contributed by atoms with Crippen molar-refractivity contribution in [2.45, 2.75) is 50.7 Å². The summed E-state index contributed by atoms with van der Waals surface area (Å²) in [4.78, 5) is 50.5. The highest BCUT2D eigenvalue weighted by molar-refractivity contribution is 6.06. The van der Waals surface area contributed by atoms with Gasteiger partial charge in [0.2, 0.25) is 5.91 Å². The van der Waals surface area contributed by atoms with Gasteiger partial charge in [0.1, 0.15) is 0 Å². The zero-order chi connectivity index (χ0) is 18.6. The number of ketones is 1. The number of carbonyl (C=O) groups excluding carboxylic acids is 2. The lowest BCUT2D eigenvalue weighted by molar-refractivity contribution is -0.149. The van der Waals surface area contributed by atoms with Crippen molar-refractivity contribution < 1.29 is 29.4 Å². The number of Topliss-reactive ketones (excluding diaryl/α,β-unsaturated/α-hetero) is 1. The van der Waals surface area contributed by atoms with Crippen LogP contribution in [0.1, 0.15) is 32.6 Å². The minimum Gasteiger partial charge on any atom is -0.480 e. The normalized spacial score (nSPS) is 24.0. The second-order valence-corrected chi connectivity index (χ2v) is 6.64. The van der Waals surface area contributed by atoms with Gasteiger partial charge < -0.3 is 15.5 Å². The van der Waals surface area contributed by atoms with E-state index in [9.17, 15) is 24.3 Å². The van der Waals surface area contributed by atoms with E-state index in [1.807, 2.05) is 0 Å². The maximum Gasteiger partial charge on any atom is 0.328 e. The van der Waals surface area contributed by atoms with Crippen LogP contribution in [0.5, 0.6) is 0 Å². The molecule has 0 bridgehead atoms. The second kappa shape index (κ2) is 8.39. The molecule has 2 rings (SSSR count). The monoisotopic (exact) mass is 355 g/mol. The Morgan fingerprint density at radius 1 is 1.08 bits per heavy atom. The fraction of sp³-hybridized carbons (Fsp3) is 0.750. The van der Waals surface area contributed by atoms with E-state index in [-0.39, 0.29) is 6.54 Å². The van der Waals surface area contributed by atoms with Gasteiger partial charge in [0.15, 0.2) is 11.8 Å². The van der Waals surface area contributed by atoms with Crippen LogP contribution in [0.15, 0.2) is 0 Å². The molecule has 1 unspecified atom stereocenters. The Kier molecular flexibility index (Phi) is 6.49. The van der Waals surface area contributed by atoms with Crippen molar-refractivity contribution in [1.82, 2.24) is 15.1 Å². The topological polar surface area (TPSA) is 127 Å². The Bertz CT molecular complexity index is 546. The first-order chi connectivity index (χ1) is 11.8. The highest BCUT2D eigenvalue weighted by Crippen LogP contribution is 2.18. The standard InChI is InChI=1S/C16H25N3O6/c1-10(14(22)13(16(24)25)18-6-2-3-7-18)17-15(23)11-5-4-8-19(11)9-12(20)21/h10-11,13H,2-9H2,1H3,(H,17,23)(H,20,21)(H,24,25)/t10-,11-,13?/m0/s1. The van der Waals surface area contributed by atoms with Gasteiger partial charge in [0.05, 0.1) is 18.6 Å². The van der Waals surface area contributed by atoms with Gasteiger partial charge in [-0.25, -0.2) is 0 Å². The quantitative estimate of drug-likeness (QED) is 0.481. The molecule has 0 saturated carbocycles. The number of hydrogen-bond donors (Lipinski definition) is 3. The third-order valence-electron chi connectivity index (χ3n) is 4.80. The molecule has 2 heterocycles. The molecule has 3 N–H and O–H groups in total. The van der Waals surface area contributed by atoms with Gasteiger partial charge >= 0.3 is 11.9 Å². The van der Waals surface area contributed by atoms with E-state index in [1.165, 1.54) is 6.92 Å². The molecular formula is C16H25N3O6. The lowest BCUT2D eigenvalue weighted by Crippen LogP contribution is -2.55. The van der Waals surface area contributed by atoms with Crippen molar-refractivity contribution in [3.63, 3.8) is 0 Å². The summed E-state index contributed by atoms with van der Waals surface area (Å²) in [7, 11) is 0. The average molecular weight is 355 g/mol. The molecule has 140 valence electrons. The van der Waals surface area contributed by atoms with E-state index < -0.39 is 41.8 Å². The summed E-state index contributed by atoms with van der Waals surface area (Å²) in [5, 5.41) is 20.9. The highest BCUT2D eigenvalue weighted by atomic mass is 16.4. The number of nitrogens with one attached hydrogen (secondary N) is 1. The molecule has 9 nitrogen and oxygen atoms in total. The molecule has 0 radical (unpaired) electrons. The van der Waals surface area contributed by atoms with E-state index in [0.717, 1.165) is 12.8 Å². The highest BCUT2D eigenvalue weighted by Gasteiger charge is 2.39. The van der Waals surface area contributed by atoms with Crippen LogP contribution in [0.3, 0.4) is 0 Å². The summed E-state index contributed by atoms with van der Waals surface area (Å²) < 4.78 is 0. The Morgan fingerprint density at radius 2 is 1.72 bits per heavy atom. The van der Waals surface area contributed by atoms with Crippen LogP contribution < -0.4 is 5.32 Å². The number of hydrogen-bond acceptors (Lipinski definition) is 6. The van der Waals surface area contributed by atoms with Crippen LogP contribution in [0.2, 0.25) is 0 Å². The minimum absolute atomic E-state index is 0.230. The first-order valence-corrected chi connectivity index (χ1v) is 8.58. The molecule has 0 aromatic carbocycles. The van der Waals surface area contributed by atoms with E-state index in [0.29, 0.717) is 32.5 Å². The molecule has 0 aromatic rings. The smallest absolute Gasteiger partial charge is 0.328 e. The first kappa shape index (κ1) is 19.3. The van der Waals surface area contributed by atoms with Crippen LogP contribution in [0.4, 0.5) is 0 Å². The molecule has 2 aliphatic rings. The van der Waals surface area contributed by atoms with E-state index in [4.69, 9.17) is 5.11 Å². The second-order valence-electron chi connectivity index (χ2n) is 6.64. The molecule has 0 aromatic heterocycles. The molecule has 3 atom stereocenters. The van der Waals surface area contributed by atoms with Crippen molar-refractivity contribution in [2.75, 3.05) is 26.2 Å². The van der Waals surface area contributed by atoms with Crippen LogP contribution in [-0.2, 0) is 19.2 Å². The van der Waals surface area contributed by atoms with Gasteiger partial charge in [0.25, 0.3) is 0 Å². The fourth-order valence-corrected chi connectivity index (χ4v) is 3.56. The molecule has 2 saturated heterocycles. The summed E-state index contributed by atoms with van der Waals surface area (Å²) in [6, 6.07) is -2.79. The Morgan fingerprint density at radius 3 is 2.28 bits per heavy atom. The number of rotatable bonds is 8. The molecule has 9 heteroatoms. The zero-order valence-electron chi connectivity index (χ0n) is 14.3. The summed E-state index contributed by atoms with van der Waals surface area (Å²) in [5.74, 6) is -3.19. The van der Waals surface area contributed by atoms with Crippen LogP contribution >= 0.6 is 0 Å². The lowest BCUT2D eigenvalue weighted by Gasteiger charge is -2.27. The van der Waals surface area contributed by atoms with Gasteiger partial charge in [-0.05, 0) is 52.2 Å². The number of carboxylic acid groups (broad SMARTS) is 2. The summed E-state index contributed by atoms with van der Waals surface area (Å²) in [6.45, 7) is 2.86. The number of likely N-dealkylation sites (tertiary alicyclic amines) is 2. The minimum atomic E-state index is -1.25. The third-order valence-corrected chi connectivity index (χ3v) is 4.80. The molecule has 0 aliphatic carbocycles. The molecular weight excluding hydrogens is 330 g/mol. The Hall–Kier alpha value is -2.00. The largest absolute Gasteiger partial charge is 0.480 e. The van der Waals surface area contributed by atoms with Gasteiger partial charge in [-0.15, -0.1) is 0 Å². The SMILES string of the molecule is C[C@H](NC(=O)[C@@H]1CCCN1CC(=O)O)C(=O)C(C(=O)O)N1CCCC1. The number of carboxylic acids is 2. The van der Waals surface area contributed by atoms with Crippen molar-refractivity contribution in [2.24, 2.45) is 0 Å². The predicted molar refractivity (Wildman–Crippen MR) is 87.1 cm³/mol. The number of aliphatic carboxylic acids is 2. The molecule has 0 spiro atoms. The fourth-order valence-electron chi connectivity index (χ4n) is 3.56. The van der Waals surface area contributed by atoms with E-state index in [1.54, 1.807) is 9.80 Å². The average Bonchev–Trinajstić information content (AvgIpc) is 3.18. The zero-order valence-corrected chi connectivity index (χ0v) is 14.3. The predicted octanol–water partition coefficient (Wildman–Crippen LogP) is -0.842. The van der Waals surface area contributed by atoms with Crippen LogP contribution in [0, 0.1) is 0 Å². The third kappa shape index (κ3) is 4.76. The van der Waals surface area contributed by atoms with Crippen LogP contribution in [0.25, 0.3) is 0 Å². The van der Waals surface area contributed by atoms with Gasteiger partial charge in [-0.3, -0.25) is 29.0 Å². The van der Waals surface area contributed by atoms with Gasteiger partial charge in [0, 0.05) is 0 Å². The van der Waals surface area contributed by atoms with Crippen LogP contribution in [-0.4, -0.2) is 87.9 Å². The Balaban J connectivity index is 1.98. The van der Waals surface area contributed by atoms with Gasteiger partial charge in [-0.1, -0.05) is 0 Å². The van der Waals surface area contributed by atoms with Crippen molar-refractivity contribution >= 4 is 23.6 Å². The van der Waals surface area contributed by atoms with Crippen molar-refractivity contribution in [1.29, 1.82) is 0 Å². The summed E-state index contributed by atoms with van der Waals surface area (Å²) in [5.41, 5.74) is 0. The Labute approximate surface area is 146 Å². The number of nitrogens with zero attached hydrogens (tertiary/aromatic N) is 2. The maximum absolute atomic E-state index is 12.5. The van der Waals surface area contributed by atoms with Gasteiger partial charge in [-0.2, -0.15) is 0 Å². The number of carbonyl (C=O) groups is 4. The van der Waals surface area contributed by atoms with E-state index >= 15 is 0 Å². The first-order valence-electron chi connectivity index (χ1n) is 8.58.